The lowest BCUT2D eigenvalue weighted by atomic mass is 10.0. The van der Waals surface area contributed by atoms with Crippen molar-refractivity contribution in [1.82, 2.24) is 0 Å². The van der Waals surface area contributed by atoms with Crippen LogP contribution in [0.3, 0.4) is 0 Å². The molecule has 0 unspecified atom stereocenters. The quantitative estimate of drug-likeness (QED) is 0.110. The highest BCUT2D eigenvalue weighted by Gasteiger charge is 2.32. The summed E-state index contributed by atoms with van der Waals surface area (Å²) in [5.74, 6) is 0. The summed E-state index contributed by atoms with van der Waals surface area (Å²) >= 11 is 0. The molecule has 5 aromatic carbocycles. The molecule has 0 saturated heterocycles. The Morgan fingerprint density at radius 1 is 0.432 bits per heavy atom. The molecule has 0 aliphatic carbocycles. The van der Waals surface area contributed by atoms with Crippen LogP contribution in [0.25, 0.3) is 6.08 Å². The fraction of sp³-hybridized carbons (Fsp3) is 0.200. The highest BCUT2D eigenvalue weighted by molar-refractivity contribution is 5.49. The van der Waals surface area contributed by atoms with Crippen molar-refractivity contribution in [3.8, 4) is 0 Å². The molecule has 0 aromatic heterocycles. The van der Waals surface area contributed by atoms with Gasteiger partial charge in [0.25, 0.3) is 0 Å². The van der Waals surface area contributed by atoms with Crippen LogP contribution in [0, 0.1) is 0 Å². The molecule has 4 heteroatoms. The fourth-order valence-electron chi connectivity index (χ4n) is 4.86. The zero-order valence-electron chi connectivity index (χ0n) is 25.0. The average molecular weight is 585 g/mol. The molecule has 0 spiro atoms. The summed E-state index contributed by atoms with van der Waals surface area (Å²) in [6, 6.07) is 51.1. The van der Waals surface area contributed by atoms with Gasteiger partial charge in [-0.05, 0) is 27.8 Å². The first-order valence-corrected chi connectivity index (χ1v) is 15.1. The zero-order valence-corrected chi connectivity index (χ0v) is 25.0. The molecule has 0 radical (unpaired) electrons. The highest BCUT2D eigenvalue weighted by Crippen LogP contribution is 2.21. The predicted octanol–water partition coefficient (Wildman–Crippen LogP) is 8.67. The van der Waals surface area contributed by atoms with Gasteiger partial charge in [-0.15, -0.1) is 0 Å². The number of benzene rings is 5. The van der Waals surface area contributed by atoms with Crippen LogP contribution in [0.5, 0.6) is 0 Å². The zero-order chi connectivity index (χ0) is 30.1. The minimum atomic E-state index is -0.460. The van der Waals surface area contributed by atoms with E-state index < -0.39 is 18.3 Å². The minimum absolute atomic E-state index is 0.339. The maximum Gasteiger partial charge on any atom is 0.116 e. The average Bonchev–Trinajstić information content (AvgIpc) is 3.10. The van der Waals surface area contributed by atoms with Gasteiger partial charge in [0.05, 0.1) is 33.0 Å². The van der Waals surface area contributed by atoms with E-state index in [1.807, 2.05) is 91.0 Å². The Kier molecular flexibility index (Phi) is 12.5. The summed E-state index contributed by atoms with van der Waals surface area (Å²) in [4.78, 5) is 0. The summed E-state index contributed by atoms with van der Waals surface area (Å²) in [7, 11) is 0. The van der Waals surface area contributed by atoms with Gasteiger partial charge in [0.15, 0.2) is 0 Å². The molecule has 3 atom stereocenters. The van der Waals surface area contributed by atoms with Gasteiger partial charge in [-0.2, -0.15) is 0 Å². The van der Waals surface area contributed by atoms with Gasteiger partial charge < -0.3 is 18.9 Å². The van der Waals surface area contributed by atoms with Crippen molar-refractivity contribution < 1.29 is 18.9 Å². The maximum atomic E-state index is 6.74. The van der Waals surface area contributed by atoms with E-state index in [2.05, 4.69) is 72.8 Å². The monoisotopic (exact) mass is 584 g/mol. The van der Waals surface area contributed by atoms with Crippen molar-refractivity contribution in [2.75, 3.05) is 6.61 Å². The predicted molar refractivity (Wildman–Crippen MR) is 177 cm³/mol. The molecule has 0 N–H and O–H groups in total. The Balaban J connectivity index is 1.43. The number of ether oxygens (including phenoxy) is 4. The van der Waals surface area contributed by atoms with Gasteiger partial charge >= 0.3 is 0 Å². The summed E-state index contributed by atoms with van der Waals surface area (Å²) < 4.78 is 26.3. The third-order valence-electron chi connectivity index (χ3n) is 7.24. The summed E-state index contributed by atoms with van der Waals surface area (Å²) in [6.45, 7) is 2.10. The minimum Gasteiger partial charge on any atom is -0.374 e. The van der Waals surface area contributed by atoms with Crippen molar-refractivity contribution in [2.24, 2.45) is 0 Å². The van der Waals surface area contributed by atoms with Crippen LogP contribution < -0.4 is 0 Å². The Labute approximate surface area is 261 Å². The number of hydrogen-bond donors (Lipinski definition) is 0. The largest absolute Gasteiger partial charge is 0.374 e. The Morgan fingerprint density at radius 2 is 0.841 bits per heavy atom. The molecule has 0 saturated carbocycles. The van der Waals surface area contributed by atoms with Crippen LogP contribution in [-0.4, -0.2) is 24.9 Å². The van der Waals surface area contributed by atoms with Gasteiger partial charge in [-0.3, -0.25) is 0 Å². The molecule has 5 aromatic rings. The molecule has 0 heterocycles. The van der Waals surface area contributed by atoms with E-state index in [4.69, 9.17) is 18.9 Å². The second-order valence-electron chi connectivity index (χ2n) is 10.6. The van der Waals surface area contributed by atoms with Gasteiger partial charge in [0, 0.05) is 0 Å². The van der Waals surface area contributed by atoms with Gasteiger partial charge in [-0.25, -0.2) is 0 Å². The van der Waals surface area contributed by atoms with Gasteiger partial charge in [0.2, 0.25) is 0 Å². The first-order chi connectivity index (χ1) is 21.8. The molecule has 0 bridgehead atoms. The normalized spacial score (nSPS) is 13.5. The maximum absolute atomic E-state index is 6.74. The number of rotatable bonds is 17. The summed E-state index contributed by atoms with van der Waals surface area (Å²) in [6.07, 6.45) is 2.89. The second kappa shape index (κ2) is 17.7. The highest BCUT2D eigenvalue weighted by atomic mass is 16.6. The van der Waals surface area contributed by atoms with Crippen molar-refractivity contribution in [3.63, 3.8) is 0 Å². The standard InChI is InChI=1S/C40H40O4/c1-6-16-33(17-7-1)26-27-38(42-29-35-20-10-3-11-21-35)40(44-31-37-24-14-5-15-25-37)39(43-30-36-22-12-4-13-23-36)32-41-28-34-18-8-2-9-19-34/h1-27,38-40H,28-32H2/t38-,39+,40+/m1/s1. The Bertz CT molecular complexity index is 1480. The molecule has 0 fully saturated rings. The fourth-order valence-corrected chi connectivity index (χ4v) is 4.86. The first kappa shape index (κ1) is 31.1. The molecular weight excluding hydrogens is 544 g/mol. The van der Waals surface area contributed by atoms with E-state index in [0.29, 0.717) is 33.0 Å². The van der Waals surface area contributed by atoms with Crippen LogP contribution in [0.4, 0.5) is 0 Å². The second-order valence-corrected chi connectivity index (χ2v) is 10.6. The third-order valence-corrected chi connectivity index (χ3v) is 7.24. The third kappa shape index (κ3) is 10.4. The molecule has 0 amide bonds. The smallest absolute Gasteiger partial charge is 0.116 e. The van der Waals surface area contributed by atoms with Crippen LogP contribution in [0.1, 0.15) is 27.8 Å². The van der Waals surface area contributed by atoms with Crippen molar-refractivity contribution in [1.29, 1.82) is 0 Å². The van der Waals surface area contributed by atoms with Crippen LogP contribution in [0.15, 0.2) is 158 Å². The van der Waals surface area contributed by atoms with Gasteiger partial charge in [0.1, 0.15) is 18.3 Å². The lowest BCUT2D eigenvalue weighted by Gasteiger charge is -2.32. The first-order valence-electron chi connectivity index (χ1n) is 15.1. The van der Waals surface area contributed by atoms with Crippen molar-refractivity contribution in [3.05, 3.63) is 186 Å². The van der Waals surface area contributed by atoms with E-state index in [0.717, 1.165) is 27.8 Å². The van der Waals surface area contributed by atoms with Crippen molar-refractivity contribution in [2.45, 2.75) is 44.7 Å². The molecule has 4 nitrogen and oxygen atoms in total. The molecular formula is C40H40O4. The van der Waals surface area contributed by atoms with E-state index in [9.17, 15) is 0 Å². The van der Waals surface area contributed by atoms with E-state index >= 15 is 0 Å². The van der Waals surface area contributed by atoms with E-state index in [1.54, 1.807) is 0 Å². The van der Waals surface area contributed by atoms with E-state index in [1.165, 1.54) is 0 Å². The molecule has 5 rings (SSSR count). The molecule has 0 aliphatic heterocycles. The Hall–Kier alpha value is -4.32. The lowest BCUT2D eigenvalue weighted by Crippen LogP contribution is -2.44. The van der Waals surface area contributed by atoms with Gasteiger partial charge in [-0.1, -0.05) is 164 Å². The summed E-state index contributed by atoms with van der Waals surface area (Å²) in [5, 5.41) is 0. The van der Waals surface area contributed by atoms with Crippen molar-refractivity contribution >= 4 is 6.08 Å². The number of hydrogen-bond acceptors (Lipinski definition) is 4. The SMILES string of the molecule is C(=C[C@@H](OCc1ccccc1)[C@H](OCc1ccccc1)[C@H](COCc1ccccc1)OCc1ccccc1)c1ccccc1. The lowest BCUT2D eigenvalue weighted by molar-refractivity contribution is -0.157. The van der Waals surface area contributed by atoms with Crippen LogP contribution in [-0.2, 0) is 45.4 Å². The summed E-state index contributed by atoms with van der Waals surface area (Å²) in [5.41, 5.74) is 5.46. The molecule has 224 valence electrons. The molecule has 0 aliphatic rings. The molecule has 44 heavy (non-hydrogen) atoms. The van der Waals surface area contributed by atoms with E-state index in [-0.39, 0.29) is 0 Å². The topological polar surface area (TPSA) is 36.9 Å². The Morgan fingerprint density at radius 3 is 1.34 bits per heavy atom. The van der Waals surface area contributed by atoms with Crippen LogP contribution >= 0.6 is 0 Å². The van der Waals surface area contributed by atoms with Crippen LogP contribution in [0.2, 0.25) is 0 Å².